The van der Waals surface area contributed by atoms with Gasteiger partial charge in [-0.2, -0.15) is 0 Å². The Bertz CT molecular complexity index is 526. The molecule has 0 aliphatic carbocycles. The van der Waals surface area contributed by atoms with Crippen LogP contribution in [-0.2, 0) is 10.4 Å². The first-order chi connectivity index (χ1) is 8.56. The van der Waals surface area contributed by atoms with Crippen LogP contribution in [0.15, 0.2) is 47.8 Å². The van der Waals surface area contributed by atoms with E-state index in [0.29, 0.717) is 10.4 Å². The van der Waals surface area contributed by atoms with E-state index in [1.807, 2.05) is 0 Å². The van der Waals surface area contributed by atoms with Crippen LogP contribution in [0.25, 0.3) is 0 Å². The van der Waals surface area contributed by atoms with Crippen molar-refractivity contribution < 1.29 is 15.0 Å². The van der Waals surface area contributed by atoms with Gasteiger partial charge in [0.25, 0.3) is 0 Å². The third kappa shape index (κ3) is 2.03. The summed E-state index contributed by atoms with van der Waals surface area (Å²) in [4.78, 5) is 11.7. The van der Waals surface area contributed by atoms with E-state index < -0.39 is 17.6 Å². The molecule has 0 spiro atoms. The molecule has 0 aliphatic rings. The second kappa shape index (κ2) is 4.89. The van der Waals surface area contributed by atoms with Crippen LogP contribution < -0.4 is 5.73 Å². The molecule has 4 nitrogen and oxygen atoms in total. The van der Waals surface area contributed by atoms with Crippen LogP contribution in [0.3, 0.4) is 0 Å². The van der Waals surface area contributed by atoms with Gasteiger partial charge in [0, 0.05) is 4.88 Å². The number of rotatable bonds is 4. The average molecular weight is 263 g/mol. The van der Waals surface area contributed by atoms with E-state index in [1.165, 1.54) is 11.3 Å². The highest BCUT2D eigenvalue weighted by Gasteiger charge is 2.45. The summed E-state index contributed by atoms with van der Waals surface area (Å²) in [7, 11) is 0. The van der Waals surface area contributed by atoms with E-state index in [9.17, 15) is 15.0 Å². The average Bonchev–Trinajstić information content (AvgIpc) is 2.92. The number of aliphatic carboxylic acids is 1. The molecule has 0 amide bonds. The number of benzene rings is 1. The molecule has 1 aromatic carbocycles. The van der Waals surface area contributed by atoms with Crippen LogP contribution in [0.1, 0.15) is 16.5 Å². The molecule has 18 heavy (non-hydrogen) atoms. The van der Waals surface area contributed by atoms with E-state index in [-0.39, 0.29) is 0 Å². The van der Waals surface area contributed by atoms with Gasteiger partial charge >= 0.3 is 5.97 Å². The maximum atomic E-state index is 11.4. The highest BCUT2D eigenvalue weighted by atomic mass is 32.1. The molecule has 1 heterocycles. The molecule has 2 rings (SSSR count). The number of carboxylic acids is 1. The number of carboxylic acid groups (broad SMARTS) is 1. The van der Waals surface area contributed by atoms with E-state index >= 15 is 0 Å². The van der Waals surface area contributed by atoms with Crippen molar-refractivity contribution in [3.8, 4) is 0 Å². The highest BCUT2D eigenvalue weighted by molar-refractivity contribution is 7.10. The van der Waals surface area contributed by atoms with Crippen molar-refractivity contribution in [1.29, 1.82) is 0 Å². The molecule has 0 saturated carbocycles. The third-order valence-electron chi connectivity index (χ3n) is 2.83. The van der Waals surface area contributed by atoms with Crippen molar-refractivity contribution in [2.24, 2.45) is 5.73 Å². The Morgan fingerprint density at radius 2 is 1.89 bits per heavy atom. The summed E-state index contributed by atoms with van der Waals surface area (Å²) >= 11 is 1.17. The second-order valence-corrected chi connectivity index (χ2v) is 4.88. The summed E-state index contributed by atoms with van der Waals surface area (Å²) < 4.78 is 0. The first-order valence-electron chi connectivity index (χ1n) is 5.37. The quantitative estimate of drug-likeness (QED) is 0.784. The number of hydrogen-bond donors (Lipinski definition) is 3. The Morgan fingerprint density at radius 1 is 1.22 bits per heavy atom. The Balaban J connectivity index is 2.47. The molecule has 0 bridgehead atoms. The van der Waals surface area contributed by atoms with Crippen LogP contribution in [0.4, 0.5) is 0 Å². The lowest BCUT2D eigenvalue weighted by atomic mass is 9.88. The second-order valence-electron chi connectivity index (χ2n) is 3.94. The van der Waals surface area contributed by atoms with Crippen molar-refractivity contribution in [3.63, 3.8) is 0 Å². The summed E-state index contributed by atoms with van der Waals surface area (Å²) in [5.74, 6) is -1.35. The molecule has 4 N–H and O–H groups in total. The molecule has 94 valence electrons. The number of hydrogen-bond acceptors (Lipinski definition) is 4. The predicted octanol–water partition coefficient (Wildman–Crippen LogP) is 1.72. The summed E-state index contributed by atoms with van der Waals surface area (Å²) in [5, 5.41) is 21.5. The van der Waals surface area contributed by atoms with Crippen molar-refractivity contribution in [2.75, 3.05) is 0 Å². The normalized spacial score (nSPS) is 15.9. The Labute approximate surface area is 108 Å². The van der Waals surface area contributed by atoms with Crippen LogP contribution in [0.5, 0.6) is 0 Å². The molecule has 0 radical (unpaired) electrons. The van der Waals surface area contributed by atoms with Gasteiger partial charge in [0.05, 0.1) is 6.04 Å². The van der Waals surface area contributed by atoms with E-state index in [4.69, 9.17) is 5.73 Å². The van der Waals surface area contributed by atoms with E-state index in [2.05, 4.69) is 0 Å². The number of aliphatic hydroxyl groups is 1. The van der Waals surface area contributed by atoms with E-state index in [1.54, 1.807) is 47.8 Å². The smallest absolute Gasteiger partial charge is 0.343 e. The lowest BCUT2D eigenvalue weighted by Crippen LogP contribution is -2.45. The highest BCUT2D eigenvalue weighted by Crippen LogP contribution is 2.36. The lowest BCUT2D eigenvalue weighted by molar-refractivity contribution is -0.162. The van der Waals surface area contributed by atoms with Gasteiger partial charge in [-0.05, 0) is 17.0 Å². The number of nitrogens with two attached hydrogens (primary N) is 1. The van der Waals surface area contributed by atoms with Gasteiger partial charge in [-0.25, -0.2) is 4.79 Å². The molecule has 1 aromatic heterocycles. The molecule has 5 heteroatoms. The monoisotopic (exact) mass is 263 g/mol. The molecular weight excluding hydrogens is 250 g/mol. The zero-order chi connectivity index (χ0) is 13.2. The van der Waals surface area contributed by atoms with Gasteiger partial charge in [0.2, 0.25) is 5.60 Å². The van der Waals surface area contributed by atoms with Crippen LogP contribution in [0.2, 0.25) is 0 Å². The van der Waals surface area contributed by atoms with Crippen molar-refractivity contribution >= 4 is 17.3 Å². The molecule has 2 unspecified atom stereocenters. The maximum absolute atomic E-state index is 11.4. The summed E-state index contributed by atoms with van der Waals surface area (Å²) in [6.45, 7) is 0. The molecule has 0 saturated heterocycles. The molecule has 0 fully saturated rings. The van der Waals surface area contributed by atoms with Gasteiger partial charge in [-0.1, -0.05) is 36.4 Å². The van der Waals surface area contributed by atoms with Gasteiger partial charge in [-0.15, -0.1) is 11.3 Å². The molecule has 0 aliphatic heterocycles. The van der Waals surface area contributed by atoms with Gasteiger partial charge in [-0.3, -0.25) is 0 Å². The summed E-state index contributed by atoms with van der Waals surface area (Å²) in [6, 6.07) is 11.0. The van der Waals surface area contributed by atoms with E-state index in [0.717, 1.165) is 0 Å². The Morgan fingerprint density at radius 3 is 2.39 bits per heavy atom. The van der Waals surface area contributed by atoms with Crippen LogP contribution >= 0.6 is 11.3 Å². The minimum atomic E-state index is -2.10. The third-order valence-corrected chi connectivity index (χ3v) is 3.83. The number of thiophene rings is 1. The first-order valence-corrected chi connectivity index (χ1v) is 6.25. The maximum Gasteiger partial charge on any atom is 0.343 e. The van der Waals surface area contributed by atoms with Gasteiger partial charge < -0.3 is 15.9 Å². The summed E-state index contributed by atoms with van der Waals surface area (Å²) in [5.41, 5.74) is 4.42. The zero-order valence-electron chi connectivity index (χ0n) is 9.48. The van der Waals surface area contributed by atoms with Crippen molar-refractivity contribution in [1.82, 2.24) is 0 Å². The summed E-state index contributed by atoms with van der Waals surface area (Å²) in [6.07, 6.45) is 0. The fraction of sp³-hybridized carbons (Fsp3) is 0.154. The number of carbonyl (C=O) groups is 1. The topological polar surface area (TPSA) is 83.5 Å². The fourth-order valence-corrected chi connectivity index (χ4v) is 2.64. The Hall–Kier alpha value is -1.69. The molecule has 2 atom stereocenters. The van der Waals surface area contributed by atoms with Crippen LogP contribution in [-0.4, -0.2) is 16.2 Å². The molecular formula is C13H13NO3S. The van der Waals surface area contributed by atoms with Gasteiger partial charge in [0.15, 0.2) is 0 Å². The van der Waals surface area contributed by atoms with Gasteiger partial charge in [0.1, 0.15) is 0 Å². The fourth-order valence-electron chi connectivity index (χ4n) is 1.79. The van der Waals surface area contributed by atoms with Crippen LogP contribution in [0, 0.1) is 0 Å². The lowest BCUT2D eigenvalue weighted by Gasteiger charge is -2.29. The first kappa shape index (κ1) is 12.8. The standard InChI is InChI=1S/C13H13NO3S/c14-11(9-5-2-1-3-6-9)13(17,12(15)16)10-7-4-8-18-10/h1-8,11,17H,14H2,(H,15,16). The minimum Gasteiger partial charge on any atom is -0.479 e. The van der Waals surface area contributed by atoms with Crippen molar-refractivity contribution in [2.45, 2.75) is 11.6 Å². The predicted molar refractivity (Wildman–Crippen MR) is 69.2 cm³/mol. The largest absolute Gasteiger partial charge is 0.479 e. The zero-order valence-corrected chi connectivity index (χ0v) is 10.3. The molecule has 2 aromatic rings. The minimum absolute atomic E-state index is 0.325. The van der Waals surface area contributed by atoms with Crippen molar-refractivity contribution in [3.05, 3.63) is 58.3 Å². The SMILES string of the molecule is NC(c1ccccc1)C(O)(C(=O)O)c1cccs1. The Kier molecular flexibility index (Phi) is 3.47.